The molecular formula is C28H23FN4O2S. The molecule has 2 heterocycles. The van der Waals surface area contributed by atoms with Crippen molar-refractivity contribution in [3.63, 3.8) is 0 Å². The topological polar surface area (TPSA) is 86.9 Å². The molecule has 2 aromatic heterocycles. The SMILES string of the molecule is C[C@H](NC(=O)c1c[nH]c2ccc(-c3ccc4nc(NC(=O)C5CC5)sc4c3)cc12)c1cccc(F)c1. The lowest BCUT2D eigenvalue weighted by atomic mass is 10.0. The highest BCUT2D eigenvalue weighted by molar-refractivity contribution is 7.22. The van der Waals surface area contributed by atoms with E-state index in [1.165, 1.54) is 23.5 Å². The van der Waals surface area contributed by atoms with Crippen LogP contribution in [0, 0.1) is 11.7 Å². The van der Waals surface area contributed by atoms with Gasteiger partial charge in [-0.05, 0) is 72.9 Å². The van der Waals surface area contributed by atoms with Crippen molar-refractivity contribution in [2.45, 2.75) is 25.8 Å². The zero-order chi connectivity index (χ0) is 24.8. The van der Waals surface area contributed by atoms with E-state index in [2.05, 4.69) is 26.7 Å². The maximum atomic E-state index is 13.6. The number of carbonyl (C=O) groups excluding carboxylic acids is 2. The van der Waals surface area contributed by atoms with Gasteiger partial charge < -0.3 is 15.6 Å². The van der Waals surface area contributed by atoms with Gasteiger partial charge in [-0.1, -0.05) is 35.6 Å². The summed E-state index contributed by atoms with van der Waals surface area (Å²) < 4.78 is 14.6. The van der Waals surface area contributed by atoms with Crippen LogP contribution in [0.2, 0.25) is 0 Å². The van der Waals surface area contributed by atoms with Gasteiger partial charge in [-0.3, -0.25) is 9.59 Å². The average Bonchev–Trinajstić information content (AvgIpc) is 3.52. The fraction of sp³-hybridized carbons (Fsp3) is 0.179. The summed E-state index contributed by atoms with van der Waals surface area (Å²) in [4.78, 5) is 32.9. The molecule has 1 atom stereocenters. The van der Waals surface area contributed by atoms with Crippen molar-refractivity contribution in [3.8, 4) is 11.1 Å². The lowest BCUT2D eigenvalue weighted by molar-refractivity contribution is -0.117. The van der Waals surface area contributed by atoms with Gasteiger partial charge in [-0.15, -0.1) is 0 Å². The van der Waals surface area contributed by atoms with Crippen LogP contribution in [0.4, 0.5) is 9.52 Å². The Morgan fingerprint density at radius 2 is 1.89 bits per heavy atom. The molecule has 1 aliphatic carbocycles. The monoisotopic (exact) mass is 498 g/mol. The third-order valence-corrected chi connectivity index (χ3v) is 7.46. The van der Waals surface area contributed by atoms with E-state index in [1.807, 2.05) is 37.3 Å². The molecule has 2 amide bonds. The molecule has 8 heteroatoms. The first kappa shape index (κ1) is 22.4. The Bertz CT molecular complexity index is 1640. The van der Waals surface area contributed by atoms with Crippen molar-refractivity contribution in [2.24, 2.45) is 5.92 Å². The number of halogens is 1. The Kier molecular flexibility index (Phi) is 5.53. The molecule has 3 aromatic carbocycles. The number of benzene rings is 3. The molecule has 0 aliphatic heterocycles. The van der Waals surface area contributed by atoms with Crippen LogP contribution in [0.3, 0.4) is 0 Å². The number of nitrogens with zero attached hydrogens (tertiary/aromatic N) is 1. The fourth-order valence-electron chi connectivity index (χ4n) is 4.33. The standard InChI is InChI=1S/C28H23FN4O2S/c1-15(17-3-2-4-20(29)11-17)31-27(35)22-14-30-23-9-7-18(12-21(22)23)19-8-10-24-25(13-19)36-28(32-24)33-26(34)16-5-6-16/h2-4,7-16,30H,5-6H2,1H3,(H,31,35)(H,32,33,34)/t15-/m0/s1. The number of amides is 2. The van der Waals surface area contributed by atoms with E-state index < -0.39 is 0 Å². The van der Waals surface area contributed by atoms with Gasteiger partial charge in [-0.2, -0.15) is 0 Å². The van der Waals surface area contributed by atoms with Crippen molar-refractivity contribution >= 4 is 49.4 Å². The van der Waals surface area contributed by atoms with E-state index >= 15 is 0 Å². The van der Waals surface area contributed by atoms with Gasteiger partial charge in [0, 0.05) is 23.0 Å². The van der Waals surface area contributed by atoms with Gasteiger partial charge in [0.1, 0.15) is 5.82 Å². The van der Waals surface area contributed by atoms with Crippen LogP contribution in [0.15, 0.2) is 66.9 Å². The number of thiazole rings is 1. The predicted molar refractivity (Wildman–Crippen MR) is 141 cm³/mol. The number of fused-ring (bicyclic) bond motifs is 2. The number of anilines is 1. The summed E-state index contributed by atoms with van der Waals surface area (Å²) in [5.41, 5.74) is 4.88. The number of hydrogen-bond acceptors (Lipinski definition) is 4. The quantitative estimate of drug-likeness (QED) is 0.252. The number of nitrogens with one attached hydrogen (secondary N) is 3. The zero-order valence-corrected chi connectivity index (χ0v) is 20.3. The third-order valence-electron chi connectivity index (χ3n) is 6.52. The molecule has 6 rings (SSSR count). The molecule has 0 unspecified atom stereocenters. The highest BCUT2D eigenvalue weighted by Crippen LogP contribution is 2.34. The van der Waals surface area contributed by atoms with Crippen molar-refractivity contribution < 1.29 is 14.0 Å². The van der Waals surface area contributed by atoms with Crippen molar-refractivity contribution in [1.29, 1.82) is 0 Å². The Hall–Kier alpha value is -4.04. The summed E-state index contributed by atoms with van der Waals surface area (Å²) in [6.45, 7) is 1.83. The summed E-state index contributed by atoms with van der Waals surface area (Å²) in [5, 5.41) is 7.31. The van der Waals surface area contributed by atoms with Crippen LogP contribution in [-0.2, 0) is 4.79 Å². The molecule has 1 fully saturated rings. The highest BCUT2D eigenvalue weighted by atomic mass is 32.1. The zero-order valence-electron chi connectivity index (χ0n) is 19.5. The number of aromatic amines is 1. The Morgan fingerprint density at radius 1 is 1.08 bits per heavy atom. The fourth-order valence-corrected chi connectivity index (χ4v) is 5.24. The van der Waals surface area contributed by atoms with E-state index in [0.717, 1.165) is 45.1 Å². The number of H-pyrrole nitrogens is 1. The molecule has 36 heavy (non-hydrogen) atoms. The third kappa shape index (κ3) is 4.35. The smallest absolute Gasteiger partial charge is 0.253 e. The van der Waals surface area contributed by atoms with Gasteiger partial charge in [0.05, 0.1) is 21.8 Å². The minimum Gasteiger partial charge on any atom is -0.360 e. The highest BCUT2D eigenvalue weighted by Gasteiger charge is 2.30. The summed E-state index contributed by atoms with van der Waals surface area (Å²) in [6.07, 6.45) is 3.60. The van der Waals surface area contributed by atoms with E-state index in [0.29, 0.717) is 16.3 Å². The van der Waals surface area contributed by atoms with E-state index in [-0.39, 0.29) is 29.6 Å². The van der Waals surface area contributed by atoms with Gasteiger partial charge in [0.15, 0.2) is 5.13 Å². The van der Waals surface area contributed by atoms with Crippen molar-refractivity contribution in [1.82, 2.24) is 15.3 Å². The van der Waals surface area contributed by atoms with Crippen LogP contribution in [0.25, 0.3) is 32.2 Å². The minimum absolute atomic E-state index is 0.0460. The lowest BCUT2D eigenvalue weighted by Gasteiger charge is -2.14. The first-order valence-electron chi connectivity index (χ1n) is 11.8. The van der Waals surface area contributed by atoms with Crippen LogP contribution >= 0.6 is 11.3 Å². The molecular weight excluding hydrogens is 475 g/mol. The van der Waals surface area contributed by atoms with E-state index in [4.69, 9.17) is 0 Å². The minimum atomic E-state index is -0.343. The second-order valence-electron chi connectivity index (χ2n) is 9.18. The maximum Gasteiger partial charge on any atom is 0.253 e. The molecule has 6 nitrogen and oxygen atoms in total. The maximum absolute atomic E-state index is 13.6. The summed E-state index contributed by atoms with van der Waals surface area (Å²) in [6, 6.07) is 17.8. The molecule has 180 valence electrons. The van der Waals surface area contributed by atoms with Gasteiger partial charge in [0.2, 0.25) is 5.91 Å². The predicted octanol–water partition coefficient (Wildman–Crippen LogP) is 6.42. The van der Waals surface area contributed by atoms with Gasteiger partial charge in [0.25, 0.3) is 5.91 Å². The van der Waals surface area contributed by atoms with Crippen molar-refractivity contribution in [2.75, 3.05) is 5.32 Å². The summed E-state index contributed by atoms with van der Waals surface area (Å²) in [7, 11) is 0. The summed E-state index contributed by atoms with van der Waals surface area (Å²) in [5.74, 6) is -0.390. The number of carbonyl (C=O) groups is 2. The van der Waals surface area contributed by atoms with E-state index in [1.54, 1.807) is 18.3 Å². The molecule has 5 aromatic rings. The normalized spacial score (nSPS) is 14.2. The second kappa shape index (κ2) is 8.87. The first-order chi connectivity index (χ1) is 17.4. The molecule has 0 spiro atoms. The molecule has 0 saturated heterocycles. The van der Waals surface area contributed by atoms with Gasteiger partial charge >= 0.3 is 0 Å². The van der Waals surface area contributed by atoms with Crippen LogP contribution in [0.5, 0.6) is 0 Å². The first-order valence-corrected chi connectivity index (χ1v) is 12.7. The summed E-state index contributed by atoms with van der Waals surface area (Å²) >= 11 is 1.46. The van der Waals surface area contributed by atoms with Crippen LogP contribution in [0.1, 0.15) is 41.7 Å². The van der Waals surface area contributed by atoms with Gasteiger partial charge in [-0.25, -0.2) is 9.37 Å². The van der Waals surface area contributed by atoms with Crippen molar-refractivity contribution in [3.05, 3.63) is 83.8 Å². The molecule has 1 aliphatic rings. The largest absolute Gasteiger partial charge is 0.360 e. The molecule has 0 bridgehead atoms. The second-order valence-corrected chi connectivity index (χ2v) is 10.2. The van der Waals surface area contributed by atoms with Crippen LogP contribution in [-0.4, -0.2) is 21.8 Å². The Morgan fingerprint density at radius 3 is 2.69 bits per heavy atom. The molecule has 1 saturated carbocycles. The lowest BCUT2D eigenvalue weighted by Crippen LogP contribution is -2.26. The van der Waals surface area contributed by atoms with E-state index in [9.17, 15) is 14.0 Å². The Labute approximate surface area is 210 Å². The molecule has 3 N–H and O–H groups in total. The Balaban J connectivity index is 1.27. The average molecular weight is 499 g/mol. The van der Waals surface area contributed by atoms with Crippen LogP contribution < -0.4 is 10.6 Å². The number of hydrogen-bond donors (Lipinski definition) is 3. The molecule has 0 radical (unpaired) electrons. The number of rotatable bonds is 6. The number of aromatic nitrogens is 2.